The highest BCUT2D eigenvalue weighted by Gasteiger charge is 2.39. The van der Waals surface area contributed by atoms with Crippen LogP contribution in [0, 0.1) is 0 Å². The minimum atomic E-state index is -1.24. The standard InChI is InChI=1S/C21H34FN3/c1-5-7-16(2)25-15-12-21(3,22)20-18(8-6-9-19(20)25)24-13-10-17(23-4)11-14-24/h6,8-9,16-17,23H,5,7,10-15H2,1-4H3. The number of fused-ring (bicyclic) bond motifs is 1. The van der Waals surface area contributed by atoms with E-state index in [4.69, 9.17) is 0 Å². The molecule has 2 heterocycles. The number of piperidine rings is 1. The molecule has 1 saturated heterocycles. The van der Waals surface area contributed by atoms with E-state index >= 15 is 4.39 Å². The molecule has 0 aromatic heterocycles. The average molecular weight is 348 g/mol. The lowest BCUT2D eigenvalue weighted by Crippen LogP contribution is -2.45. The van der Waals surface area contributed by atoms with E-state index in [0.29, 0.717) is 18.5 Å². The summed E-state index contributed by atoms with van der Waals surface area (Å²) in [6.45, 7) is 9.09. The van der Waals surface area contributed by atoms with Crippen LogP contribution in [0.3, 0.4) is 0 Å². The third-order valence-electron chi connectivity index (χ3n) is 6.16. The largest absolute Gasteiger partial charge is 0.371 e. The zero-order valence-corrected chi connectivity index (χ0v) is 16.3. The summed E-state index contributed by atoms with van der Waals surface area (Å²) in [6.07, 6.45) is 5.15. The van der Waals surface area contributed by atoms with Crippen LogP contribution in [0.5, 0.6) is 0 Å². The van der Waals surface area contributed by atoms with Crippen molar-refractivity contribution in [3.63, 3.8) is 0 Å². The third-order valence-corrected chi connectivity index (χ3v) is 6.16. The molecule has 0 aliphatic carbocycles. The summed E-state index contributed by atoms with van der Waals surface area (Å²) >= 11 is 0. The van der Waals surface area contributed by atoms with Gasteiger partial charge in [-0.05, 0) is 52.3 Å². The van der Waals surface area contributed by atoms with Crippen LogP contribution in [0.4, 0.5) is 15.8 Å². The Kier molecular flexibility index (Phi) is 5.57. The fourth-order valence-corrected chi connectivity index (χ4v) is 4.58. The third kappa shape index (κ3) is 3.64. The topological polar surface area (TPSA) is 18.5 Å². The molecule has 1 aromatic carbocycles. The molecule has 0 bridgehead atoms. The van der Waals surface area contributed by atoms with Gasteiger partial charge in [-0.2, -0.15) is 0 Å². The highest BCUT2D eigenvalue weighted by Crippen LogP contribution is 2.47. The zero-order valence-electron chi connectivity index (χ0n) is 16.3. The van der Waals surface area contributed by atoms with Gasteiger partial charge >= 0.3 is 0 Å². The maximum absolute atomic E-state index is 15.6. The van der Waals surface area contributed by atoms with Gasteiger partial charge in [-0.1, -0.05) is 19.4 Å². The molecular formula is C21H34FN3. The summed E-state index contributed by atoms with van der Waals surface area (Å²) in [5, 5.41) is 3.38. The fourth-order valence-electron chi connectivity index (χ4n) is 4.58. The zero-order chi connectivity index (χ0) is 18.0. The molecule has 25 heavy (non-hydrogen) atoms. The number of anilines is 2. The SMILES string of the molecule is CCCC(C)N1CCC(C)(F)c2c(N3CCC(NC)CC3)cccc21. The number of halogens is 1. The summed E-state index contributed by atoms with van der Waals surface area (Å²) in [4.78, 5) is 4.84. The monoisotopic (exact) mass is 347 g/mol. The molecule has 2 aliphatic rings. The fraction of sp³-hybridized carbons (Fsp3) is 0.714. The maximum Gasteiger partial charge on any atom is 0.138 e. The second-order valence-electron chi connectivity index (χ2n) is 8.00. The molecule has 4 heteroatoms. The number of rotatable bonds is 5. The molecule has 1 aromatic rings. The van der Waals surface area contributed by atoms with Gasteiger partial charge in [-0.15, -0.1) is 0 Å². The highest BCUT2D eigenvalue weighted by atomic mass is 19.1. The highest BCUT2D eigenvalue weighted by molar-refractivity contribution is 5.71. The van der Waals surface area contributed by atoms with E-state index in [0.717, 1.165) is 62.3 Å². The van der Waals surface area contributed by atoms with Crippen LogP contribution in [0.1, 0.15) is 58.4 Å². The smallest absolute Gasteiger partial charge is 0.138 e. The Balaban J connectivity index is 1.95. The van der Waals surface area contributed by atoms with Crippen LogP contribution in [0.25, 0.3) is 0 Å². The molecule has 0 spiro atoms. The van der Waals surface area contributed by atoms with E-state index in [2.05, 4.69) is 47.2 Å². The van der Waals surface area contributed by atoms with E-state index in [1.807, 2.05) is 7.05 Å². The van der Waals surface area contributed by atoms with Crippen molar-refractivity contribution in [1.29, 1.82) is 0 Å². The van der Waals surface area contributed by atoms with Crippen molar-refractivity contribution in [3.8, 4) is 0 Å². The van der Waals surface area contributed by atoms with Gasteiger partial charge in [-0.3, -0.25) is 0 Å². The predicted octanol–water partition coefficient (Wildman–Crippen LogP) is 4.46. The van der Waals surface area contributed by atoms with Crippen LogP contribution < -0.4 is 15.1 Å². The first kappa shape index (κ1) is 18.5. The first-order chi connectivity index (χ1) is 12.0. The van der Waals surface area contributed by atoms with Crippen molar-refractivity contribution in [2.75, 3.05) is 36.5 Å². The second-order valence-corrected chi connectivity index (χ2v) is 8.00. The van der Waals surface area contributed by atoms with Gasteiger partial charge in [0.25, 0.3) is 0 Å². The van der Waals surface area contributed by atoms with Gasteiger partial charge in [0.15, 0.2) is 0 Å². The summed E-state index contributed by atoms with van der Waals surface area (Å²) in [5.74, 6) is 0. The first-order valence-corrected chi connectivity index (χ1v) is 9.99. The summed E-state index contributed by atoms with van der Waals surface area (Å²) in [6, 6.07) is 7.43. The molecule has 1 fully saturated rings. The molecule has 0 saturated carbocycles. The summed E-state index contributed by atoms with van der Waals surface area (Å²) in [5.41, 5.74) is 1.91. The van der Waals surface area contributed by atoms with Crippen LogP contribution in [0.2, 0.25) is 0 Å². The molecule has 0 radical (unpaired) electrons. The number of benzene rings is 1. The van der Waals surface area contributed by atoms with E-state index < -0.39 is 5.67 Å². The molecule has 140 valence electrons. The predicted molar refractivity (Wildman–Crippen MR) is 106 cm³/mol. The Hall–Kier alpha value is -1.29. The minimum Gasteiger partial charge on any atom is -0.371 e. The van der Waals surface area contributed by atoms with Crippen molar-refractivity contribution in [1.82, 2.24) is 5.32 Å². The van der Waals surface area contributed by atoms with E-state index in [-0.39, 0.29) is 0 Å². The number of alkyl halides is 1. The van der Waals surface area contributed by atoms with Crippen molar-refractivity contribution in [2.45, 2.75) is 70.6 Å². The van der Waals surface area contributed by atoms with E-state index in [1.165, 1.54) is 0 Å². The maximum atomic E-state index is 15.6. The number of nitrogens with zero attached hydrogens (tertiary/aromatic N) is 2. The molecule has 2 atom stereocenters. The van der Waals surface area contributed by atoms with Crippen molar-refractivity contribution < 1.29 is 4.39 Å². The molecule has 3 rings (SSSR count). The molecule has 3 nitrogen and oxygen atoms in total. The molecule has 1 N–H and O–H groups in total. The van der Waals surface area contributed by atoms with Crippen molar-refractivity contribution >= 4 is 11.4 Å². The number of nitrogens with one attached hydrogen (secondary N) is 1. The lowest BCUT2D eigenvalue weighted by atomic mass is 9.85. The van der Waals surface area contributed by atoms with Crippen LogP contribution in [-0.4, -0.2) is 38.8 Å². The van der Waals surface area contributed by atoms with Gasteiger partial charge in [-0.25, -0.2) is 4.39 Å². The van der Waals surface area contributed by atoms with Gasteiger partial charge in [0.2, 0.25) is 0 Å². The van der Waals surface area contributed by atoms with Gasteiger partial charge in [0.1, 0.15) is 5.67 Å². The van der Waals surface area contributed by atoms with Gasteiger partial charge in [0.05, 0.1) is 0 Å². The molecule has 2 unspecified atom stereocenters. The second kappa shape index (κ2) is 7.53. The Morgan fingerprint density at radius 2 is 1.92 bits per heavy atom. The van der Waals surface area contributed by atoms with Crippen LogP contribution in [0.15, 0.2) is 18.2 Å². The number of hydrogen-bond donors (Lipinski definition) is 1. The lowest BCUT2D eigenvalue weighted by Gasteiger charge is -2.44. The Morgan fingerprint density at radius 3 is 2.56 bits per heavy atom. The molecule has 0 amide bonds. The Morgan fingerprint density at radius 1 is 1.24 bits per heavy atom. The van der Waals surface area contributed by atoms with Crippen LogP contribution in [-0.2, 0) is 5.67 Å². The summed E-state index contributed by atoms with van der Waals surface area (Å²) in [7, 11) is 2.04. The van der Waals surface area contributed by atoms with E-state index in [1.54, 1.807) is 6.92 Å². The first-order valence-electron chi connectivity index (χ1n) is 9.99. The average Bonchev–Trinajstić information content (AvgIpc) is 2.61. The van der Waals surface area contributed by atoms with Gasteiger partial charge < -0.3 is 15.1 Å². The normalized spacial score (nSPS) is 25.8. The molecular weight excluding hydrogens is 313 g/mol. The number of hydrogen-bond acceptors (Lipinski definition) is 3. The Bertz CT molecular complexity index is 579. The van der Waals surface area contributed by atoms with Crippen LogP contribution >= 0.6 is 0 Å². The van der Waals surface area contributed by atoms with Gasteiger partial charge in [0, 0.05) is 55.1 Å². The van der Waals surface area contributed by atoms with Crippen molar-refractivity contribution in [2.24, 2.45) is 0 Å². The lowest BCUT2D eigenvalue weighted by molar-refractivity contribution is 0.170. The Labute approximate surface area is 152 Å². The summed E-state index contributed by atoms with van der Waals surface area (Å²) < 4.78 is 15.6. The van der Waals surface area contributed by atoms with Crippen molar-refractivity contribution in [3.05, 3.63) is 23.8 Å². The quantitative estimate of drug-likeness (QED) is 0.848. The van der Waals surface area contributed by atoms with E-state index in [9.17, 15) is 0 Å². The molecule has 2 aliphatic heterocycles. The minimum absolute atomic E-state index is 0.463.